The highest BCUT2D eigenvalue weighted by Crippen LogP contribution is 2.35. The first-order valence-electron chi connectivity index (χ1n) is 5.93. The molecule has 1 aromatic heterocycles. The summed E-state index contributed by atoms with van der Waals surface area (Å²) in [7, 11) is 0. The Hall–Kier alpha value is -0.830. The minimum atomic E-state index is 0.278. The average molecular weight is 207 g/mol. The van der Waals surface area contributed by atoms with Crippen molar-refractivity contribution in [1.82, 2.24) is 9.78 Å². The standard InChI is InChI=1S/C12H21N3/c1-9(2)10-4-5-11(13)12(8-10)15-7-3-6-14-15/h3,6-7,9-12H,4-5,8,13H2,1-2H3. The van der Waals surface area contributed by atoms with E-state index < -0.39 is 0 Å². The summed E-state index contributed by atoms with van der Waals surface area (Å²) < 4.78 is 2.04. The SMILES string of the molecule is CC(C)C1CCC(N)C(n2cccn2)C1. The van der Waals surface area contributed by atoms with Crippen LogP contribution in [0.1, 0.15) is 39.2 Å². The lowest BCUT2D eigenvalue weighted by Crippen LogP contribution is -2.39. The van der Waals surface area contributed by atoms with Gasteiger partial charge in [0, 0.05) is 18.4 Å². The predicted octanol–water partition coefficient (Wildman–Crippen LogP) is 2.21. The molecule has 0 amide bonds. The Morgan fingerprint density at radius 2 is 2.20 bits per heavy atom. The number of nitrogens with two attached hydrogens (primary N) is 1. The molecule has 1 aromatic rings. The van der Waals surface area contributed by atoms with Crippen LogP contribution in [0.2, 0.25) is 0 Å². The zero-order chi connectivity index (χ0) is 10.8. The van der Waals surface area contributed by atoms with Gasteiger partial charge in [0.15, 0.2) is 0 Å². The van der Waals surface area contributed by atoms with Gasteiger partial charge in [-0.05, 0) is 37.2 Å². The molecule has 0 bridgehead atoms. The van der Waals surface area contributed by atoms with Crippen LogP contribution in [0.3, 0.4) is 0 Å². The molecule has 3 heteroatoms. The molecule has 0 aromatic carbocycles. The Kier molecular flexibility index (Phi) is 3.10. The van der Waals surface area contributed by atoms with Gasteiger partial charge in [-0.1, -0.05) is 13.8 Å². The summed E-state index contributed by atoms with van der Waals surface area (Å²) in [4.78, 5) is 0. The van der Waals surface area contributed by atoms with Crippen LogP contribution in [0.4, 0.5) is 0 Å². The third-order valence-electron chi connectivity index (χ3n) is 3.72. The number of hydrogen-bond donors (Lipinski definition) is 1. The van der Waals surface area contributed by atoms with E-state index in [9.17, 15) is 0 Å². The van der Waals surface area contributed by atoms with Crippen LogP contribution in [0.25, 0.3) is 0 Å². The second kappa shape index (κ2) is 4.35. The van der Waals surface area contributed by atoms with Crippen LogP contribution in [0.15, 0.2) is 18.5 Å². The molecule has 3 atom stereocenters. The van der Waals surface area contributed by atoms with Crippen LogP contribution < -0.4 is 5.73 Å². The van der Waals surface area contributed by atoms with Gasteiger partial charge >= 0.3 is 0 Å². The van der Waals surface area contributed by atoms with Gasteiger partial charge in [0.2, 0.25) is 0 Å². The molecular weight excluding hydrogens is 186 g/mol. The normalized spacial score (nSPS) is 32.1. The van der Waals surface area contributed by atoms with E-state index in [1.807, 2.05) is 23.1 Å². The number of aromatic nitrogens is 2. The molecule has 3 nitrogen and oxygen atoms in total. The average Bonchev–Trinajstić information content (AvgIpc) is 2.71. The number of rotatable bonds is 2. The molecule has 0 spiro atoms. The van der Waals surface area contributed by atoms with Crippen molar-refractivity contribution in [2.24, 2.45) is 17.6 Å². The monoisotopic (exact) mass is 207 g/mol. The first-order chi connectivity index (χ1) is 7.18. The van der Waals surface area contributed by atoms with Gasteiger partial charge in [0.1, 0.15) is 0 Å². The Labute approximate surface area is 91.7 Å². The molecule has 1 fully saturated rings. The number of nitrogens with zero attached hydrogens (tertiary/aromatic N) is 2. The molecule has 1 heterocycles. The van der Waals surface area contributed by atoms with Crippen LogP contribution in [-0.4, -0.2) is 15.8 Å². The fraction of sp³-hybridized carbons (Fsp3) is 0.750. The second-order valence-corrected chi connectivity index (χ2v) is 5.03. The van der Waals surface area contributed by atoms with E-state index in [1.165, 1.54) is 12.8 Å². The highest BCUT2D eigenvalue weighted by molar-refractivity contribution is 4.90. The summed E-state index contributed by atoms with van der Waals surface area (Å²) in [5.41, 5.74) is 6.17. The molecule has 0 aliphatic heterocycles. The van der Waals surface area contributed by atoms with Gasteiger partial charge in [-0.2, -0.15) is 5.10 Å². The maximum atomic E-state index is 6.17. The second-order valence-electron chi connectivity index (χ2n) is 5.03. The summed E-state index contributed by atoms with van der Waals surface area (Å²) in [6, 6.07) is 2.66. The van der Waals surface area contributed by atoms with E-state index in [0.717, 1.165) is 18.3 Å². The topological polar surface area (TPSA) is 43.8 Å². The molecule has 2 rings (SSSR count). The van der Waals surface area contributed by atoms with Crippen molar-refractivity contribution in [3.8, 4) is 0 Å². The Balaban J connectivity index is 2.09. The van der Waals surface area contributed by atoms with E-state index in [2.05, 4.69) is 18.9 Å². The molecule has 3 unspecified atom stereocenters. The first kappa shape index (κ1) is 10.7. The van der Waals surface area contributed by atoms with Crippen LogP contribution in [0.5, 0.6) is 0 Å². The lowest BCUT2D eigenvalue weighted by Gasteiger charge is -2.36. The minimum absolute atomic E-state index is 0.278. The Morgan fingerprint density at radius 3 is 2.80 bits per heavy atom. The van der Waals surface area contributed by atoms with Crippen molar-refractivity contribution in [2.75, 3.05) is 0 Å². The minimum Gasteiger partial charge on any atom is -0.326 e. The largest absolute Gasteiger partial charge is 0.326 e. The molecule has 0 saturated heterocycles. The quantitative estimate of drug-likeness (QED) is 0.808. The highest BCUT2D eigenvalue weighted by Gasteiger charge is 2.30. The summed E-state index contributed by atoms with van der Waals surface area (Å²) in [6.07, 6.45) is 7.46. The Morgan fingerprint density at radius 1 is 1.40 bits per heavy atom. The van der Waals surface area contributed by atoms with E-state index in [0.29, 0.717) is 6.04 Å². The van der Waals surface area contributed by atoms with Gasteiger partial charge in [0.25, 0.3) is 0 Å². The van der Waals surface area contributed by atoms with Crippen LogP contribution in [0, 0.1) is 11.8 Å². The van der Waals surface area contributed by atoms with E-state index in [4.69, 9.17) is 5.73 Å². The van der Waals surface area contributed by atoms with Crippen LogP contribution >= 0.6 is 0 Å². The third kappa shape index (κ3) is 2.23. The number of hydrogen-bond acceptors (Lipinski definition) is 2. The molecule has 15 heavy (non-hydrogen) atoms. The van der Waals surface area contributed by atoms with Crippen molar-refractivity contribution in [3.05, 3.63) is 18.5 Å². The van der Waals surface area contributed by atoms with E-state index in [1.54, 1.807) is 0 Å². The highest BCUT2D eigenvalue weighted by atomic mass is 15.3. The zero-order valence-corrected chi connectivity index (χ0v) is 9.63. The smallest absolute Gasteiger partial charge is 0.0672 e. The summed E-state index contributed by atoms with van der Waals surface area (Å²) >= 11 is 0. The molecule has 0 radical (unpaired) electrons. The van der Waals surface area contributed by atoms with Crippen LogP contribution in [-0.2, 0) is 0 Å². The fourth-order valence-electron chi connectivity index (χ4n) is 2.59. The van der Waals surface area contributed by atoms with Gasteiger partial charge in [-0.15, -0.1) is 0 Å². The summed E-state index contributed by atoms with van der Waals surface area (Å²) in [5.74, 6) is 1.56. The molecular formula is C12H21N3. The van der Waals surface area contributed by atoms with Crippen molar-refractivity contribution in [3.63, 3.8) is 0 Å². The lowest BCUT2D eigenvalue weighted by atomic mass is 9.77. The first-order valence-corrected chi connectivity index (χ1v) is 5.93. The van der Waals surface area contributed by atoms with Gasteiger partial charge in [-0.25, -0.2) is 0 Å². The third-order valence-corrected chi connectivity index (χ3v) is 3.72. The van der Waals surface area contributed by atoms with Crippen molar-refractivity contribution < 1.29 is 0 Å². The Bertz CT molecular complexity index is 292. The maximum Gasteiger partial charge on any atom is 0.0672 e. The molecule has 1 saturated carbocycles. The van der Waals surface area contributed by atoms with E-state index >= 15 is 0 Å². The van der Waals surface area contributed by atoms with E-state index in [-0.39, 0.29) is 6.04 Å². The lowest BCUT2D eigenvalue weighted by molar-refractivity contribution is 0.183. The summed E-state index contributed by atoms with van der Waals surface area (Å²) in [6.45, 7) is 4.61. The van der Waals surface area contributed by atoms with Crippen molar-refractivity contribution >= 4 is 0 Å². The maximum absolute atomic E-state index is 6.17. The van der Waals surface area contributed by atoms with Gasteiger partial charge < -0.3 is 5.73 Å². The zero-order valence-electron chi connectivity index (χ0n) is 9.63. The van der Waals surface area contributed by atoms with Gasteiger partial charge in [-0.3, -0.25) is 4.68 Å². The molecule has 1 aliphatic rings. The van der Waals surface area contributed by atoms with Crippen molar-refractivity contribution in [2.45, 2.75) is 45.2 Å². The summed E-state index contributed by atoms with van der Waals surface area (Å²) in [5, 5.41) is 4.32. The van der Waals surface area contributed by atoms with Crippen molar-refractivity contribution in [1.29, 1.82) is 0 Å². The molecule has 2 N–H and O–H groups in total. The fourth-order valence-corrected chi connectivity index (χ4v) is 2.59. The predicted molar refractivity (Wildman–Crippen MR) is 61.4 cm³/mol. The van der Waals surface area contributed by atoms with Gasteiger partial charge in [0.05, 0.1) is 6.04 Å². The molecule has 84 valence electrons. The molecule has 1 aliphatic carbocycles.